The first-order chi connectivity index (χ1) is 15.7. The van der Waals surface area contributed by atoms with Gasteiger partial charge in [0.05, 0.1) is 36.9 Å². The van der Waals surface area contributed by atoms with Crippen LogP contribution in [0.25, 0.3) is 0 Å². The average molecular weight is 434 g/mol. The van der Waals surface area contributed by atoms with Crippen molar-refractivity contribution in [2.24, 2.45) is 0 Å². The Labute approximate surface area is 186 Å². The lowest BCUT2D eigenvalue weighted by Gasteiger charge is -2.31. The monoisotopic (exact) mass is 433 g/mol. The maximum absolute atomic E-state index is 14.1. The summed E-state index contributed by atoms with van der Waals surface area (Å²) >= 11 is 0. The lowest BCUT2D eigenvalue weighted by Crippen LogP contribution is -2.36. The number of benzene rings is 2. The lowest BCUT2D eigenvalue weighted by atomic mass is 9.89. The summed E-state index contributed by atoms with van der Waals surface area (Å²) in [6.07, 6.45) is 4.57. The molecule has 7 nitrogen and oxygen atoms in total. The molecule has 32 heavy (non-hydrogen) atoms. The largest absolute Gasteiger partial charge is 0.497 e. The number of fused-ring (bicyclic) bond motifs is 1. The summed E-state index contributed by atoms with van der Waals surface area (Å²) in [4.78, 5) is 8.01. The fourth-order valence-corrected chi connectivity index (χ4v) is 3.92. The predicted molar refractivity (Wildman–Crippen MR) is 121 cm³/mol. The van der Waals surface area contributed by atoms with Crippen LogP contribution in [-0.4, -0.2) is 18.3 Å². The van der Waals surface area contributed by atoms with Crippen LogP contribution in [0.15, 0.2) is 54.7 Å². The Morgan fingerprint density at radius 3 is 2.81 bits per heavy atom. The van der Waals surface area contributed by atoms with E-state index in [4.69, 9.17) is 15.0 Å². The number of halogens is 1. The number of methoxy groups -OCH3 is 1. The molecule has 1 aliphatic heterocycles. The summed E-state index contributed by atoms with van der Waals surface area (Å²) in [7, 11) is 1.63. The molecule has 0 amide bonds. The van der Waals surface area contributed by atoms with Crippen LogP contribution in [0, 0.1) is 17.1 Å². The van der Waals surface area contributed by atoms with Crippen molar-refractivity contribution in [1.82, 2.24) is 4.98 Å². The van der Waals surface area contributed by atoms with Gasteiger partial charge in [-0.05, 0) is 55.7 Å². The molecule has 0 saturated heterocycles. The second kappa shape index (κ2) is 9.96. The Morgan fingerprint density at radius 1 is 1.25 bits per heavy atom. The van der Waals surface area contributed by atoms with Crippen LogP contribution in [0.5, 0.6) is 5.75 Å². The van der Waals surface area contributed by atoms with Crippen molar-refractivity contribution in [3.63, 3.8) is 0 Å². The molecule has 0 saturated carbocycles. The van der Waals surface area contributed by atoms with Crippen LogP contribution in [0.4, 0.5) is 27.4 Å². The zero-order chi connectivity index (χ0) is 22.3. The predicted octanol–water partition coefficient (Wildman–Crippen LogP) is 4.82. The molecule has 1 aliphatic rings. The number of anilines is 4. The molecule has 2 unspecified atom stereocenters. The number of aromatic nitrogens is 2. The van der Waals surface area contributed by atoms with E-state index in [1.807, 2.05) is 30.5 Å². The van der Waals surface area contributed by atoms with Gasteiger partial charge in [-0.3, -0.25) is 0 Å². The molecule has 0 fully saturated rings. The molecule has 0 spiro atoms. The first kappa shape index (κ1) is 21.4. The summed E-state index contributed by atoms with van der Waals surface area (Å²) in [5.41, 5.74) is 3.15. The first-order valence-electron chi connectivity index (χ1n) is 10.6. The molecule has 8 heteroatoms. The highest BCUT2D eigenvalue weighted by Gasteiger charge is 2.31. The Balaban J connectivity index is 1.54. The van der Waals surface area contributed by atoms with Crippen molar-refractivity contribution in [3.8, 4) is 11.8 Å². The van der Waals surface area contributed by atoms with E-state index in [2.05, 4.69) is 27.0 Å². The van der Waals surface area contributed by atoms with Crippen molar-refractivity contribution in [1.29, 1.82) is 5.26 Å². The third kappa shape index (κ3) is 5.06. The molecule has 4 rings (SSSR count). The number of hydrogen-bond acceptors (Lipinski definition) is 6. The highest BCUT2D eigenvalue weighted by Crippen LogP contribution is 2.36. The fourth-order valence-electron chi connectivity index (χ4n) is 3.92. The van der Waals surface area contributed by atoms with E-state index in [1.54, 1.807) is 25.3 Å². The molecular weight excluding hydrogens is 407 g/mol. The van der Waals surface area contributed by atoms with E-state index in [9.17, 15) is 4.39 Å². The highest BCUT2D eigenvalue weighted by atomic mass is 19.1. The second-order valence-corrected chi connectivity index (χ2v) is 7.71. The lowest BCUT2D eigenvalue weighted by molar-refractivity contribution is -0.364. The molecule has 0 bridgehead atoms. The van der Waals surface area contributed by atoms with Crippen LogP contribution < -0.4 is 25.7 Å². The third-order valence-corrected chi connectivity index (χ3v) is 5.50. The van der Waals surface area contributed by atoms with Gasteiger partial charge in [-0.15, -0.1) is 0 Å². The fraction of sp³-hybridized carbons (Fsp3) is 0.292. The summed E-state index contributed by atoms with van der Waals surface area (Å²) in [6, 6.07) is 16.5. The molecule has 164 valence electrons. The van der Waals surface area contributed by atoms with E-state index in [1.165, 1.54) is 6.07 Å². The number of hydrogen-bond donors (Lipinski definition) is 3. The molecule has 2 atom stereocenters. The van der Waals surface area contributed by atoms with E-state index in [0.717, 1.165) is 42.1 Å². The number of ether oxygens (including phenoxy) is 1. The molecule has 2 heterocycles. The van der Waals surface area contributed by atoms with E-state index in [0.29, 0.717) is 18.1 Å². The van der Waals surface area contributed by atoms with Gasteiger partial charge in [-0.25, -0.2) is 14.7 Å². The van der Waals surface area contributed by atoms with Gasteiger partial charge >= 0.3 is 5.95 Å². The normalized spacial score (nSPS) is 16.9. The minimum Gasteiger partial charge on any atom is -0.497 e. The van der Waals surface area contributed by atoms with E-state index in [-0.39, 0.29) is 17.9 Å². The Morgan fingerprint density at radius 2 is 2.06 bits per heavy atom. The number of nitrogens with one attached hydrogen (secondary N) is 4. The van der Waals surface area contributed by atoms with Crippen molar-refractivity contribution >= 4 is 23.0 Å². The van der Waals surface area contributed by atoms with Gasteiger partial charge in [0.15, 0.2) is 0 Å². The molecule has 2 aromatic carbocycles. The molecule has 0 aliphatic carbocycles. The average Bonchev–Trinajstić information content (AvgIpc) is 2.81. The van der Waals surface area contributed by atoms with Gasteiger partial charge in [0.2, 0.25) is 0 Å². The zero-order valence-corrected chi connectivity index (χ0v) is 17.9. The highest BCUT2D eigenvalue weighted by molar-refractivity contribution is 5.57. The summed E-state index contributed by atoms with van der Waals surface area (Å²) in [5.74, 6) is 1.26. The van der Waals surface area contributed by atoms with Gasteiger partial charge in [0.1, 0.15) is 22.9 Å². The molecule has 4 N–H and O–H groups in total. The topological polar surface area (TPSA) is 96.1 Å². The molecule has 1 aromatic heterocycles. The Bertz CT molecular complexity index is 1100. The van der Waals surface area contributed by atoms with Crippen molar-refractivity contribution < 1.29 is 14.1 Å². The van der Waals surface area contributed by atoms with Gasteiger partial charge in [0, 0.05) is 12.3 Å². The van der Waals surface area contributed by atoms with Crippen molar-refractivity contribution in [3.05, 3.63) is 66.2 Å². The van der Waals surface area contributed by atoms with Gasteiger partial charge in [0.25, 0.3) is 0 Å². The number of nitriles is 1. The smallest absolute Gasteiger partial charge is 0.394 e. The van der Waals surface area contributed by atoms with Crippen LogP contribution in [-0.2, 0) is 0 Å². The standard InChI is InChI=1S/C24H25FN6O/c1-32-18-11-9-17(10-12-18)28-24-27-15-21-23(31-24)16(6-4-5-13-26)14-22(30-21)29-20-8-3-2-7-19(20)25/h2-3,7-12,15-16,22,29-30H,4-6,14H2,1H3,(H,27,28,31)/p+1. The van der Waals surface area contributed by atoms with Crippen molar-refractivity contribution in [2.75, 3.05) is 23.1 Å². The van der Waals surface area contributed by atoms with Gasteiger partial charge in [-0.1, -0.05) is 17.1 Å². The number of unbranched alkanes of at least 4 members (excludes halogenated alkanes) is 1. The Hall–Kier alpha value is -3.86. The van der Waals surface area contributed by atoms with Crippen LogP contribution in [0.2, 0.25) is 0 Å². The van der Waals surface area contributed by atoms with E-state index >= 15 is 0 Å². The van der Waals surface area contributed by atoms with Crippen LogP contribution in [0.1, 0.15) is 37.3 Å². The number of para-hydroxylation sites is 1. The zero-order valence-electron chi connectivity index (χ0n) is 17.9. The van der Waals surface area contributed by atoms with Gasteiger partial charge in [-0.2, -0.15) is 5.26 Å². The molecular formula is C24H26FN6O+. The van der Waals surface area contributed by atoms with E-state index < -0.39 is 0 Å². The summed E-state index contributed by atoms with van der Waals surface area (Å²) in [5, 5.41) is 18.9. The van der Waals surface area contributed by atoms with Crippen LogP contribution in [0.3, 0.4) is 0 Å². The second-order valence-electron chi connectivity index (χ2n) is 7.71. The van der Waals surface area contributed by atoms with Gasteiger partial charge < -0.3 is 15.4 Å². The van der Waals surface area contributed by atoms with Crippen LogP contribution >= 0.6 is 0 Å². The number of rotatable bonds is 8. The molecule has 3 aromatic rings. The minimum absolute atomic E-state index is 0.134. The molecule has 0 radical (unpaired) electrons. The Kier molecular flexibility index (Phi) is 6.66. The third-order valence-electron chi connectivity index (χ3n) is 5.50. The maximum Gasteiger partial charge on any atom is 0.394 e. The SMILES string of the molecule is COc1ccc(Nc2nc3c(c[nH+]2)NC(Nc2ccccc2F)CC3CCCC#N)cc1. The van der Waals surface area contributed by atoms with Crippen molar-refractivity contribution in [2.45, 2.75) is 37.8 Å². The number of H-pyrrole nitrogens is 1. The number of aromatic amines is 1. The number of nitrogens with zero attached hydrogens (tertiary/aromatic N) is 2. The maximum atomic E-state index is 14.1. The first-order valence-corrected chi connectivity index (χ1v) is 10.6. The summed E-state index contributed by atoms with van der Waals surface area (Å²) < 4.78 is 19.3. The summed E-state index contributed by atoms with van der Waals surface area (Å²) in [6.45, 7) is 0. The quantitative estimate of drug-likeness (QED) is 0.441. The minimum atomic E-state index is -0.287.